The first-order valence-electron chi connectivity index (χ1n) is 7.38. The molecule has 0 spiro atoms. The highest BCUT2D eigenvalue weighted by atomic mass is 16.2. The first kappa shape index (κ1) is 16.8. The van der Waals surface area contributed by atoms with Gasteiger partial charge >= 0.3 is 0 Å². The van der Waals surface area contributed by atoms with E-state index < -0.39 is 17.7 Å². The smallest absolute Gasteiger partial charge is 0.269 e. The van der Waals surface area contributed by atoms with Gasteiger partial charge in [0.2, 0.25) is 5.91 Å². The van der Waals surface area contributed by atoms with Gasteiger partial charge in [0.15, 0.2) is 0 Å². The lowest BCUT2D eigenvalue weighted by Crippen LogP contribution is -2.41. The van der Waals surface area contributed by atoms with E-state index in [1.807, 2.05) is 0 Å². The summed E-state index contributed by atoms with van der Waals surface area (Å²) >= 11 is 0. The highest BCUT2D eigenvalue weighted by Gasteiger charge is 2.10. The molecular formula is C16H13N7O3. The fourth-order valence-electron chi connectivity index (χ4n) is 2.09. The molecule has 4 N–H and O–H groups in total. The summed E-state index contributed by atoms with van der Waals surface area (Å²) in [6.07, 6.45) is 1.43. The number of primary amides is 1. The average Bonchev–Trinajstić information content (AvgIpc) is 3.21. The molecule has 130 valence electrons. The van der Waals surface area contributed by atoms with Gasteiger partial charge in [-0.1, -0.05) is 0 Å². The summed E-state index contributed by atoms with van der Waals surface area (Å²) in [5.74, 6) is -1.61. The second-order valence-electron chi connectivity index (χ2n) is 5.15. The van der Waals surface area contributed by atoms with Crippen LogP contribution in [-0.4, -0.2) is 37.9 Å². The third-order valence-corrected chi connectivity index (χ3v) is 3.46. The van der Waals surface area contributed by atoms with E-state index in [1.54, 1.807) is 24.3 Å². The predicted molar refractivity (Wildman–Crippen MR) is 89.0 cm³/mol. The monoisotopic (exact) mass is 351 g/mol. The quantitative estimate of drug-likeness (QED) is 0.557. The Kier molecular flexibility index (Phi) is 4.65. The molecule has 10 heteroatoms. The molecule has 26 heavy (non-hydrogen) atoms. The molecule has 0 saturated heterocycles. The normalized spacial score (nSPS) is 10.2. The molecule has 1 aromatic heterocycles. The summed E-state index contributed by atoms with van der Waals surface area (Å²) in [7, 11) is 0. The number of nitrogens with zero attached hydrogens (tertiary/aromatic N) is 4. The highest BCUT2D eigenvalue weighted by molar-refractivity contribution is 6.00. The number of hydrazine groups is 1. The van der Waals surface area contributed by atoms with E-state index in [1.165, 1.54) is 35.3 Å². The van der Waals surface area contributed by atoms with Gasteiger partial charge in [-0.2, -0.15) is 0 Å². The van der Waals surface area contributed by atoms with Crippen molar-refractivity contribution in [2.45, 2.75) is 0 Å². The van der Waals surface area contributed by atoms with E-state index >= 15 is 0 Å². The largest absolute Gasteiger partial charge is 0.366 e. The van der Waals surface area contributed by atoms with Gasteiger partial charge in [0, 0.05) is 16.7 Å². The molecule has 3 aromatic rings. The number of nitrogens with two attached hydrogens (primary N) is 1. The lowest BCUT2D eigenvalue weighted by molar-refractivity contribution is 0.0846. The lowest BCUT2D eigenvalue weighted by atomic mass is 10.1. The van der Waals surface area contributed by atoms with Crippen LogP contribution in [0.4, 0.5) is 0 Å². The Morgan fingerprint density at radius 3 is 1.77 bits per heavy atom. The average molecular weight is 351 g/mol. The van der Waals surface area contributed by atoms with E-state index in [-0.39, 0.29) is 11.1 Å². The van der Waals surface area contributed by atoms with E-state index in [0.717, 1.165) is 0 Å². The van der Waals surface area contributed by atoms with Gasteiger partial charge in [0.25, 0.3) is 11.8 Å². The molecule has 1 heterocycles. The van der Waals surface area contributed by atoms with E-state index in [0.29, 0.717) is 11.3 Å². The van der Waals surface area contributed by atoms with Crippen LogP contribution in [0.5, 0.6) is 0 Å². The molecule has 0 radical (unpaired) electrons. The zero-order valence-corrected chi connectivity index (χ0v) is 13.3. The number of carbonyl (C=O) groups excluding carboxylic acids is 3. The maximum atomic E-state index is 12.1. The number of hydrogen-bond acceptors (Lipinski definition) is 6. The Labute approximate surface area is 147 Å². The summed E-state index contributed by atoms with van der Waals surface area (Å²) in [6, 6.07) is 12.2. The Balaban J connectivity index is 1.59. The van der Waals surface area contributed by atoms with Gasteiger partial charge in [0.05, 0.1) is 5.69 Å². The molecule has 0 atom stereocenters. The van der Waals surface area contributed by atoms with Crippen molar-refractivity contribution in [3.63, 3.8) is 0 Å². The first-order valence-corrected chi connectivity index (χ1v) is 7.38. The van der Waals surface area contributed by atoms with Crippen molar-refractivity contribution in [3.05, 3.63) is 71.5 Å². The zero-order chi connectivity index (χ0) is 18.5. The predicted octanol–water partition coefficient (Wildman–Crippen LogP) is -0.164. The van der Waals surface area contributed by atoms with Crippen molar-refractivity contribution < 1.29 is 14.4 Å². The van der Waals surface area contributed by atoms with Crippen LogP contribution in [0.2, 0.25) is 0 Å². The lowest BCUT2D eigenvalue weighted by Gasteiger charge is -2.08. The number of rotatable bonds is 4. The Bertz CT molecular complexity index is 935. The van der Waals surface area contributed by atoms with Crippen molar-refractivity contribution >= 4 is 17.7 Å². The number of aromatic nitrogens is 4. The van der Waals surface area contributed by atoms with Crippen molar-refractivity contribution in [1.29, 1.82) is 0 Å². The summed E-state index contributed by atoms with van der Waals surface area (Å²) in [4.78, 5) is 35.1. The molecule has 3 rings (SSSR count). The minimum absolute atomic E-state index is 0.268. The number of tetrazole rings is 1. The zero-order valence-electron chi connectivity index (χ0n) is 13.3. The molecule has 0 saturated carbocycles. The molecule has 0 aliphatic rings. The van der Waals surface area contributed by atoms with Gasteiger partial charge < -0.3 is 5.73 Å². The van der Waals surface area contributed by atoms with Gasteiger partial charge in [-0.05, 0) is 59.0 Å². The van der Waals surface area contributed by atoms with Crippen LogP contribution in [0.1, 0.15) is 31.1 Å². The number of amides is 3. The maximum absolute atomic E-state index is 12.1. The fraction of sp³-hybridized carbons (Fsp3) is 0. The van der Waals surface area contributed by atoms with E-state index in [4.69, 9.17) is 5.73 Å². The minimum Gasteiger partial charge on any atom is -0.366 e. The minimum atomic E-state index is -0.588. The van der Waals surface area contributed by atoms with Gasteiger partial charge in [0.1, 0.15) is 6.33 Å². The standard InChI is InChI=1S/C16H13N7O3/c17-14(24)10-1-3-11(4-2-10)15(25)19-20-16(26)12-5-7-13(8-6-12)23-9-18-21-22-23/h1-9H,(H2,17,24)(H,19,25)(H,20,26). The van der Waals surface area contributed by atoms with Crippen molar-refractivity contribution in [2.24, 2.45) is 5.73 Å². The highest BCUT2D eigenvalue weighted by Crippen LogP contribution is 2.07. The Morgan fingerprint density at radius 2 is 1.31 bits per heavy atom. The molecule has 3 amide bonds. The van der Waals surface area contributed by atoms with Gasteiger partial charge in [-0.15, -0.1) is 5.10 Å². The van der Waals surface area contributed by atoms with Crippen molar-refractivity contribution in [1.82, 2.24) is 31.1 Å². The van der Waals surface area contributed by atoms with E-state index in [2.05, 4.69) is 26.4 Å². The summed E-state index contributed by atoms with van der Waals surface area (Å²) in [5.41, 5.74) is 11.3. The van der Waals surface area contributed by atoms with Crippen LogP contribution in [0, 0.1) is 0 Å². The molecule has 0 unspecified atom stereocenters. The van der Waals surface area contributed by atoms with Crippen LogP contribution >= 0.6 is 0 Å². The SMILES string of the molecule is NC(=O)c1ccc(C(=O)NNC(=O)c2ccc(-n3cnnn3)cc2)cc1. The fourth-order valence-corrected chi connectivity index (χ4v) is 2.09. The van der Waals surface area contributed by atoms with E-state index in [9.17, 15) is 14.4 Å². The molecule has 0 aliphatic carbocycles. The summed E-state index contributed by atoms with van der Waals surface area (Å²) in [5, 5.41) is 10.8. The van der Waals surface area contributed by atoms with Gasteiger partial charge in [-0.25, -0.2) is 4.68 Å². The number of hydrogen-bond donors (Lipinski definition) is 3. The summed E-state index contributed by atoms with van der Waals surface area (Å²) < 4.78 is 1.44. The van der Waals surface area contributed by atoms with Crippen LogP contribution in [0.15, 0.2) is 54.9 Å². The molecule has 10 nitrogen and oxygen atoms in total. The van der Waals surface area contributed by atoms with Gasteiger partial charge in [-0.3, -0.25) is 25.2 Å². The van der Waals surface area contributed by atoms with Crippen LogP contribution in [0.3, 0.4) is 0 Å². The van der Waals surface area contributed by atoms with Crippen LogP contribution in [0.25, 0.3) is 5.69 Å². The van der Waals surface area contributed by atoms with Crippen molar-refractivity contribution in [3.8, 4) is 5.69 Å². The molecule has 0 aliphatic heterocycles. The molecule has 0 bridgehead atoms. The third-order valence-electron chi connectivity index (χ3n) is 3.46. The maximum Gasteiger partial charge on any atom is 0.269 e. The first-order chi connectivity index (χ1) is 12.5. The van der Waals surface area contributed by atoms with Crippen molar-refractivity contribution in [2.75, 3.05) is 0 Å². The third kappa shape index (κ3) is 3.70. The summed E-state index contributed by atoms with van der Waals surface area (Å²) in [6.45, 7) is 0. The topological polar surface area (TPSA) is 145 Å². The Hall–Kier alpha value is -4.08. The second-order valence-corrected chi connectivity index (χ2v) is 5.15. The number of benzene rings is 2. The Morgan fingerprint density at radius 1 is 0.808 bits per heavy atom. The second kappa shape index (κ2) is 7.21. The molecular weight excluding hydrogens is 338 g/mol. The van der Waals surface area contributed by atoms with Crippen LogP contribution in [-0.2, 0) is 0 Å². The molecule has 0 fully saturated rings. The van der Waals surface area contributed by atoms with Crippen LogP contribution < -0.4 is 16.6 Å². The molecule has 2 aromatic carbocycles. The number of carbonyl (C=O) groups is 3. The number of nitrogens with one attached hydrogen (secondary N) is 2.